The maximum Gasteiger partial charge on any atom is 0.126 e. The second kappa shape index (κ2) is 7.77. The highest BCUT2D eigenvalue weighted by Gasteiger charge is 2.09. The highest BCUT2D eigenvalue weighted by Crippen LogP contribution is 2.23. The molecule has 0 aliphatic carbocycles. The van der Waals surface area contributed by atoms with Gasteiger partial charge in [0, 0.05) is 5.92 Å². The molecule has 0 fully saturated rings. The van der Waals surface area contributed by atoms with Crippen LogP contribution in [0.4, 0.5) is 8.78 Å². The zero-order chi connectivity index (χ0) is 13.4. The van der Waals surface area contributed by atoms with Crippen LogP contribution in [0.15, 0.2) is 59.8 Å². The van der Waals surface area contributed by atoms with Crippen LogP contribution in [0.5, 0.6) is 0 Å². The molecular weight excluding hydrogens is 218 g/mol. The topological polar surface area (TPSA) is 0 Å². The van der Waals surface area contributed by atoms with Crippen LogP contribution in [0.3, 0.4) is 0 Å². The van der Waals surface area contributed by atoms with E-state index < -0.39 is 0 Å². The predicted octanol–water partition coefficient (Wildman–Crippen LogP) is 5.43. The van der Waals surface area contributed by atoms with Crippen LogP contribution < -0.4 is 0 Å². The number of hydrogen-bond acceptors (Lipinski definition) is 0. The van der Waals surface area contributed by atoms with Gasteiger partial charge < -0.3 is 0 Å². The quantitative estimate of drug-likeness (QED) is 0.560. The summed E-state index contributed by atoms with van der Waals surface area (Å²) in [5, 5.41) is 0. The molecule has 17 heavy (non-hydrogen) atoms. The Kier molecular flexibility index (Phi) is 7.11. The Morgan fingerprint density at radius 2 is 1.76 bits per heavy atom. The highest BCUT2D eigenvalue weighted by molar-refractivity contribution is 5.34. The molecule has 0 amide bonds. The van der Waals surface area contributed by atoms with Gasteiger partial charge in [0.05, 0.1) is 0 Å². The minimum absolute atomic E-state index is 0.179. The molecule has 0 heterocycles. The van der Waals surface area contributed by atoms with Crippen molar-refractivity contribution in [3.05, 3.63) is 59.8 Å². The molecule has 0 saturated carbocycles. The Morgan fingerprint density at radius 3 is 2.18 bits per heavy atom. The normalized spacial score (nSPS) is 16.5. The molecule has 0 saturated heterocycles. The summed E-state index contributed by atoms with van der Waals surface area (Å²) in [7, 11) is 0. The third kappa shape index (κ3) is 6.00. The molecule has 0 aromatic carbocycles. The minimum Gasteiger partial charge on any atom is -0.207 e. The summed E-state index contributed by atoms with van der Waals surface area (Å²) < 4.78 is 26.7. The fourth-order valence-corrected chi connectivity index (χ4v) is 1.35. The summed E-state index contributed by atoms with van der Waals surface area (Å²) in [5.74, 6) is -0.823. The fourth-order valence-electron chi connectivity index (χ4n) is 1.35. The van der Waals surface area contributed by atoms with E-state index in [0.29, 0.717) is 11.1 Å². The average molecular weight is 238 g/mol. The Balaban J connectivity index is 4.93. The molecule has 0 aliphatic heterocycles. The first-order valence-electron chi connectivity index (χ1n) is 5.61. The van der Waals surface area contributed by atoms with Crippen LogP contribution in [0.2, 0.25) is 0 Å². The van der Waals surface area contributed by atoms with Crippen molar-refractivity contribution in [1.29, 1.82) is 0 Å². The Hall–Kier alpha value is -1.44. The van der Waals surface area contributed by atoms with Crippen molar-refractivity contribution >= 4 is 0 Å². The average Bonchev–Trinajstić information content (AvgIpc) is 2.25. The maximum atomic E-state index is 13.8. The molecule has 0 aromatic heterocycles. The SMILES string of the molecule is C=C(C)/C=C(F)\C(=C/C)C(C)/C=C\C(F)=C/C. The standard InChI is InChI=1S/C15H20F2/c1-6-13(16)9-8-12(5)14(7-2)15(17)10-11(3)4/h6-10,12H,3H2,1-2,4-5H3/b9-8-,13-6+,14-7-,15-10+. The molecule has 0 N–H and O–H groups in total. The van der Waals surface area contributed by atoms with Crippen LogP contribution in [0, 0.1) is 5.92 Å². The van der Waals surface area contributed by atoms with Crippen molar-refractivity contribution in [2.75, 3.05) is 0 Å². The molecule has 0 spiro atoms. The van der Waals surface area contributed by atoms with Gasteiger partial charge in [0.15, 0.2) is 0 Å². The van der Waals surface area contributed by atoms with E-state index in [9.17, 15) is 8.78 Å². The molecule has 0 aromatic rings. The lowest BCUT2D eigenvalue weighted by Crippen LogP contribution is -1.97. The molecule has 0 aliphatic rings. The van der Waals surface area contributed by atoms with Crippen LogP contribution in [-0.4, -0.2) is 0 Å². The van der Waals surface area contributed by atoms with Crippen LogP contribution in [0.25, 0.3) is 0 Å². The van der Waals surface area contributed by atoms with E-state index in [0.717, 1.165) is 0 Å². The number of halogens is 2. The summed E-state index contributed by atoms with van der Waals surface area (Å²) in [5.41, 5.74) is 1.19. The van der Waals surface area contributed by atoms with Crippen molar-refractivity contribution in [3.8, 4) is 0 Å². The van der Waals surface area contributed by atoms with Gasteiger partial charge in [0.1, 0.15) is 11.7 Å². The Labute approximate surface area is 103 Å². The van der Waals surface area contributed by atoms with Gasteiger partial charge in [-0.1, -0.05) is 37.3 Å². The molecule has 0 radical (unpaired) electrons. The van der Waals surface area contributed by atoms with Gasteiger partial charge in [-0.25, -0.2) is 8.78 Å². The fraction of sp³-hybridized carbons (Fsp3) is 0.333. The molecule has 94 valence electrons. The number of hydrogen-bond donors (Lipinski definition) is 0. The Bertz CT molecular complexity index is 382. The molecule has 0 rings (SSSR count). The largest absolute Gasteiger partial charge is 0.207 e. The molecule has 0 nitrogen and oxygen atoms in total. The minimum atomic E-state index is -0.323. The van der Waals surface area contributed by atoms with Gasteiger partial charge in [0.2, 0.25) is 0 Å². The van der Waals surface area contributed by atoms with Crippen LogP contribution >= 0.6 is 0 Å². The zero-order valence-electron chi connectivity index (χ0n) is 10.9. The lowest BCUT2D eigenvalue weighted by molar-refractivity contribution is 0.620. The number of rotatable bonds is 5. The second-order valence-electron chi connectivity index (χ2n) is 3.90. The molecule has 2 heteroatoms. The third-order valence-corrected chi connectivity index (χ3v) is 2.27. The van der Waals surface area contributed by atoms with Crippen molar-refractivity contribution in [3.63, 3.8) is 0 Å². The van der Waals surface area contributed by atoms with Crippen LogP contribution in [-0.2, 0) is 0 Å². The zero-order valence-corrected chi connectivity index (χ0v) is 10.9. The lowest BCUT2D eigenvalue weighted by atomic mass is 9.98. The first-order valence-corrected chi connectivity index (χ1v) is 5.61. The van der Waals surface area contributed by atoms with E-state index >= 15 is 0 Å². The Morgan fingerprint density at radius 1 is 1.18 bits per heavy atom. The van der Waals surface area contributed by atoms with Crippen molar-refractivity contribution < 1.29 is 8.78 Å². The van der Waals surface area contributed by atoms with E-state index in [1.165, 1.54) is 18.2 Å². The van der Waals surface area contributed by atoms with Gasteiger partial charge in [-0.05, 0) is 38.5 Å². The molecule has 1 atom stereocenters. The summed E-state index contributed by atoms with van der Waals surface area (Å²) in [6.45, 7) is 10.6. The van der Waals surface area contributed by atoms with E-state index in [1.807, 2.05) is 6.92 Å². The van der Waals surface area contributed by atoms with E-state index in [1.54, 1.807) is 32.9 Å². The lowest BCUT2D eigenvalue weighted by Gasteiger charge is -2.10. The van der Waals surface area contributed by atoms with Crippen molar-refractivity contribution in [2.24, 2.45) is 5.92 Å². The van der Waals surface area contributed by atoms with Gasteiger partial charge in [-0.3, -0.25) is 0 Å². The highest BCUT2D eigenvalue weighted by atomic mass is 19.1. The van der Waals surface area contributed by atoms with Gasteiger partial charge in [-0.15, -0.1) is 0 Å². The van der Waals surface area contributed by atoms with E-state index in [4.69, 9.17) is 0 Å². The van der Waals surface area contributed by atoms with Gasteiger partial charge in [-0.2, -0.15) is 0 Å². The first kappa shape index (κ1) is 15.6. The predicted molar refractivity (Wildman–Crippen MR) is 70.9 cm³/mol. The van der Waals surface area contributed by atoms with Gasteiger partial charge in [0.25, 0.3) is 0 Å². The summed E-state index contributed by atoms with van der Waals surface area (Å²) >= 11 is 0. The molecule has 0 bridgehead atoms. The van der Waals surface area contributed by atoms with Crippen molar-refractivity contribution in [2.45, 2.75) is 27.7 Å². The van der Waals surface area contributed by atoms with E-state index in [2.05, 4.69) is 6.58 Å². The summed E-state index contributed by atoms with van der Waals surface area (Å²) in [6, 6.07) is 0. The van der Waals surface area contributed by atoms with Crippen molar-refractivity contribution in [1.82, 2.24) is 0 Å². The number of allylic oxidation sites excluding steroid dienone is 9. The first-order chi connectivity index (χ1) is 7.92. The third-order valence-electron chi connectivity index (χ3n) is 2.27. The summed E-state index contributed by atoms with van der Waals surface area (Å²) in [4.78, 5) is 0. The smallest absolute Gasteiger partial charge is 0.126 e. The second-order valence-corrected chi connectivity index (χ2v) is 3.90. The maximum absolute atomic E-state index is 13.8. The van der Waals surface area contributed by atoms with E-state index in [-0.39, 0.29) is 17.6 Å². The monoisotopic (exact) mass is 238 g/mol. The summed E-state index contributed by atoms with van der Waals surface area (Å²) in [6.07, 6.45) is 7.42. The molecular formula is C15H20F2. The van der Waals surface area contributed by atoms with Crippen LogP contribution in [0.1, 0.15) is 27.7 Å². The molecule has 1 unspecified atom stereocenters. The van der Waals surface area contributed by atoms with Gasteiger partial charge >= 0.3 is 0 Å².